The van der Waals surface area contributed by atoms with E-state index in [-0.39, 0.29) is 34.2 Å². The number of carbonyl (C=O) groups excluding carboxylic acids is 1. The Bertz CT molecular complexity index is 1120. The normalized spacial score (nSPS) is 15.9. The zero-order valence-electron chi connectivity index (χ0n) is 16.3. The van der Waals surface area contributed by atoms with Crippen LogP contribution >= 0.6 is 24.0 Å². The van der Waals surface area contributed by atoms with Crippen LogP contribution in [0.4, 0.5) is 5.69 Å². The molecule has 3 rings (SSSR count). The molecule has 1 aliphatic heterocycles. The van der Waals surface area contributed by atoms with Crippen molar-refractivity contribution in [3.05, 3.63) is 57.2 Å². The first-order chi connectivity index (χ1) is 15.2. The number of nitro groups is 1. The van der Waals surface area contributed by atoms with Gasteiger partial charge in [-0.1, -0.05) is 24.0 Å². The third-order valence-electron chi connectivity index (χ3n) is 4.55. The van der Waals surface area contributed by atoms with Crippen molar-refractivity contribution in [3.63, 3.8) is 0 Å². The van der Waals surface area contributed by atoms with Crippen LogP contribution in [-0.4, -0.2) is 48.2 Å². The van der Waals surface area contributed by atoms with Crippen LogP contribution in [0.2, 0.25) is 0 Å². The highest BCUT2D eigenvalue weighted by molar-refractivity contribution is 8.26. The Hall–Kier alpha value is -3.51. The quantitative estimate of drug-likeness (QED) is 0.237. The first kappa shape index (κ1) is 23.2. The molecule has 12 heteroatoms. The SMILES string of the molecule is O=C(O)CCC[C@@H](C(=O)O)N1C(=O)/C(=C\c2ccc(-c3ccc([N+](=O)[O-])cc3)o2)SC1=S. The number of amides is 1. The van der Waals surface area contributed by atoms with Gasteiger partial charge >= 0.3 is 11.9 Å². The van der Waals surface area contributed by atoms with Gasteiger partial charge in [-0.3, -0.25) is 24.6 Å². The lowest BCUT2D eigenvalue weighted by atomic mass is 10.1. The Labute approximate surface area is 190 Å². The second kappa shape index (κ2) is 9.75. The smallest absolute Gasteiger partial charge is 0.326 e. The number of nitro benzene ring substituents is 1. The van der Waals surface area contributed by atoms with Crippen molar-refractivity contribution in [3.8, 4) is 11.3 Å². The highest BCUT2D eigenvalue weighted by Gasteiger charge is 2.40. The molecule has 10 nitrogen and oxygen atoms in total. The van der Waals surface area contributed by atoms with E-state index in [1.807, 2.05) is 0 Å². The van der Waals surface area contributed by atoms with E-state index in [1.54, 1.807) is 12.1 Å². The standard InChI is InChI=1S/C20H16N2O8S2/c23-17(24)3-1-2-14(19(26)27)21-18(25)16(32-20(21)31)10-13-8-9-15(30-13)11-4-6-12(7-5-11)22(28)29/h4-10,14H,1-3H2,(H,23,24)(H,26,27)/b16-10+/t14-/m0/s1. The molecule has 0 bridgehead atoms. The number of thiocarbonyl (C=S) groups is 1. The maximum Gasteiger partial charge on any atom is 0.326 e. The summed E-state index contributed by atoms with van der Waals surface area (Å²) < 4.78 is 5.76. The van der Waals surface area contributed by atoms with Crippen LogP contribution in [0.3, 0.4) is 0 Å². The summed E-state index contributed by atoms with van der Waals surface area (Å²) in [6, 6.07) is 7.74. The molecule has 1 amide bonds. The molecule has 0 saturated carbocycles. The molecule has 1 atom stereocenters. The van der Waals surface area contributed by atoms with Crippen LogP contribution in [0.1, 0.15) is 25.0 Å². The molecule has 1 aromatic heterocycles. The second-order valence-electron chi connectivity index (χ2n) is 6.70. The van der Waals surface area contributed by atoms with Gasteiger partial charge in [0.25, 0.3) is 11.6 Å². The van der Waals surface area contributed by atoms with E-state index >= 15 is 0 Å². The fourth-order valence-electron chi connectivity index (χ4n) is 3.02. The molecule has 0 spiro atoms. The number of carbonyl (C=O) groups is 3. The molecule has 32 heavy (non-hydrogen) atoms. The van der Waals surface area contributed by atoms with Crippen LogP contribution in [0.25, 0.3) is 17.4 Å². The lowest BCUT2D eigenvalue weighted by molar-refractivity contribution is -0.384. The van der Waals surface area contributed by atoms with Gasteiger partial charge in [-0.25, -0.2) is 4.79 Å². The van der Waals surface area contributed by atoms with Gasteiger partial charge in [0.2, 0.25) is 0 Å². The zero-order valence-corrected chi connectivity index (χ0v) is 17.9. The van der Waals surface area contributed by atoms with Gasteiger partial charge in [-0.15, -0.1) is 0 Å². The minimum Gasteiger partial charge on any atom is -0.481 e. The van der Waals surface area contributed by atoms with Gasteiger partial charge in [0.05, 0.1) is 9.83 Å². The number of benzene rings is 1. The molecule has 1 fully saturated rings. The number of aliphatic carboxylic acids is 2. The number of nitrogens with zero attached hydrogens (tertiary/aromatic N) is 2. The third-order valence-corrected chi connectivity index (χ3v) is 5.88. The summed E-state index contributed by atoms with van der Waals surface area (Å²) >= 11 is 6.11. The third kappa shape index (κ3) is 5.21. The molecule has 0 aliphatic carbocycles. The summed E-state index contributed by atoms with van der Waals surface area (Å²) in [5.74, 6) is -2.18. The molecule has 1 aromatic carbocycles. The Morgan fingerprint density at radius 3 is 2.50 bits per heavy atom. The van der Waals surface area contributed by atoms with Crippen molar-refractivity contribution < 1.29 is 33.9 Å². The van der Waals surface area contributed by atoms with Gasteiger partial charge in [-0.05, 0) is 37.1 Å². The predicted molar refractivity (Wildman–Crippen MR) is 119 cm³/mol. The van der Waals surface area contributed by atoms with Crippen LogP contribution in [0, 0.1) is 10.1 Å². The topological polar surface area (TPSA) is 151 Å². The summed E-state index contributed by atoms with van der Waals surface area (Å²) in [5.41, 5.74) is 0.549. The zero-order chi connectivity index (χ0) is 23.4. The molecule has 1 saturated heterocycles. The van der Waals surface area contributed by atoms with Gasteiger partial charge in [0, 0.05) is 30.2 Å². The van der Waals surface area contributed by atoms with Crippen LogP contribution in [0.5, 0.6) is 0 Å². The number of hydrogen-bond acceptors (Lipinski definition) is 8. The molecule has 0 unspecified atom stereocenters. The van der Waals surface area contributed by atoms with Gasteiger partial charge in [0.15, 0.2) is 0 Å². The van der Waals surface area contributed by atoms with Gasteiger partial charge in [0.1, 0.15) is 21.9 Å². The summed E-state index contributed by atoms with van der Waals surface area (Å²) in [7, 11) is 0. The van der Waals surface area contributed by atoms with Crippen molar-refractivity contribution in [2.45, 2.75) is 25.3 Å². The summed E-state index contributed by atoms with van der Waals surface area (Å²) in [4.78, 5) is 46.6. The highest BCUT2D eigenvalue weighted by Crippen LogP contribution is 2.36. The Balaban J connectivity index is 1.77. The minimum atomic E-state index is -1.27. The van der Waals surface area contributed by atoms with Crippen LogP contribution in [0.15, 0.2) is 45.7 Å². The Morgan fingerprint density at radius 2 is 1.91 bits per heavy atom. The lowest BCUT2D eigenvalue weighted by Gasteiger charge is -2.22. The number of furan rings is 1. The number of carboxylic acids is 2. The average Bonchev–Trinajstić information content (AvgIpc) is 3.30. The lowest BCUT2D eigenvalue weighted by Crippen LogP contribution is -2.43. The molecule has 2 aromatic rings. The van der Waals surface area contributed by atoms with E-state index in [1.165, 1.54) is 30.3 Å². The van der Waals surface area contributed by atoms with Crippen molar-refractivity contribution in [2.75, 3.05) is 0 Å². The monoisotopic (exact) mass is 476 g/mol. The molecular weight excluding hydrogens is 460 g/mol. The second-order valence-corrected chi connectivity index (χ2v) is 8.37. The first-order valence-corrected chi connectivity index (χ1v) is 10.5. The molecule has 1 aliphatic rings. The predicted octanol–water partition coefficient (Wildman–Crippen LogP) is 3.76. The minimum absolute atomic E-state index is 0.0492. The van der Waals surface area contributed by atoms with Gasteiger partial charge in [-0.2, -0.15) is 0 Å². The number of hydrogen-bond donors (Lipinski definition) is 2. The van der Waals surface area contributed by atoms with Crippen molar-refractivity contribution in [1.29, 1.82) is 0 Å². The van der Waals surface area contributed by atoms with Crippen molar-refractivity contribution in [1.82, 2.24) is 4.90 Å². The summed E-state index contributed by atoms with van der Waals surface area (Å²) in [6.45, 7) is 0. The molecular formula is C20H16N2O8S2. The Kier molecular flexibility index (Phi) is 7.05. The van der Waals surface area contributed by atoms with E-state index in [9.17, 15) is 29.6 Å². The maximum atomic E-state index is 12.8. The van der Waals surface area contributed by atoms with E-state index < -0.39 is 28.8 Å². The highest BCUT2D eigenvalue weighted by atomic mass is 32.2. The van der Waals surface area contributed by atoms with Crippen LogP contribution < -0.4 is 0 Å². The average molecular weight is 476 g/mol. The number of thioether (sulfide) groups is 1. The molecule has 0 radical (unpaired) electrons. The number of non-ortho nitro benzene ring substituents is 1. The number of carboxylic acid groups (broad SMARTS) is 2. The van der Waals surface area contributed by atoms with Crippen molar-refractivity contribution >= 4 is 57.9 Å². The summed E-state index contributed by atoms with van der Waals surface area (Å²) in [6.07, 6.45) is 1.25. The van der Waals surface area contributed by atoms with E-state index in [4.69, 9.17) is 21.7 Å². The fraction of sp³-hybridized carbons (Fsp3) is 0.200. The maximum absolute atomic E-state index is 12.8. The van der Waals surface area contributed by atoms with Crippen LogP contribution in [-0.2, 0) is 14.4 Å². The van der Waals surface area contributed by atoms with Gasteiger partial charge < -0.3 is 14.6 Å². The number of rotatable bonds is 9. The van der Waals surface area contributed by atoms with E-state index in [0.717, 1.165) is 16.7 Å². The largest absolute Gasteiger partial charge is 0.481 e. The molecule has 166 valence electrons. The molecule has 2 N–H and O–H groups in total. The van der Waals surface area contributed by atoms with Crippen molar-refractivity contribution in [2.24, 2.45) is 0 Å². The first-order valence-electron chi connectivity index (χ1n) is 9.23. The molecule has 2 heterocycles. The fourth-order valence-corrected chi connectivity index (χ4v) is 4.36. The summed E-state index contributed by atoms with van der Waals surface area (Å²) in [5, 5.41) is 29.0. The van der Waals surface area contributed by atoms with E-state index in [0.29, 0.717) is 17.1 Å². The Morgan fingerprint density at radius 1 is 1.22 bits per heavy atom. The van der Waals surface area contributed by atoms with E-state index in [2.05, 4.69) is 0 Å².